The Hall–Kier alpha value is -6.59. The van der Waals surface area contributed by atoms with Crippen LogP contribution in [0.4, 0.5) is 0 Å². The number of imidazole rings is 1. The number of rotatable bonds is 5. The molecule has 9 rings (SSSR count). The zero-order valence-corrected chi connectivity index (χ0v) is 27.7. The molecule has 0 radical (unpaired) electrons. The highest BCUT2D eigenvalue weighted by atomic mass is 16.1. The van der Waals surface area contributed by atoms with Gasteiger partial charge in [-0.15, -0.1) is 0 Å². The molecule has 5 heteroatoms. The van der Waals surface area contributed by atoms with Crippen molar-refractivity contribution in [2.24, 2.45) is 14.1 Å². The van der Waals surface area contributed by atoms with Crippen LogP contribution in [0.15, 0.2) is 163 Å². The summed E-state index contributed by atoms with van der Waals surface area (Å²) in [6, 6.07) is 55.1. The van der Waals surface area contributed by atoms with Gasteiger partial charge in [0, 0.05) is 30.8 Å². The number of hydrogen-bond donors (Lipinski definition) is 0. The van der Waals surface area contributed by atoms with Crippen molar-refractivity contribution in [2.75, 3.05) is 0 Å². The summed E-state index contributed by atoms with van der Waals surface area (Å²) in [6.45, 7) is 0. The van der Waals surface area contributed by atoms with Crippen LogP contribution in [0.2, 0.25) is 0 Å². The Kier molecular flexibility index (Phi) is 6.99. The summed E-state index contributed by atoms with van der Waals surface area (Å²) < 4.78 is 3.37. The minimum atomic E-state index is -0.0292. The number of benzene rings is 7. The second kappa shape index (κ2) is 11.8. The summed E-state index contributed by atoms with van der Waals surface area (Å²) in [5.41, 5.74) is 11.0. The van der Waals surface area contributed by atoms with E-state index < -0.39 is 0 Å². The summed E-state index contributed by atoms with van der Waals surface area (Å²) >= 11 is 0. The van der Waals surface area contributed by atoms with E-state index in [4.69, 9.17) is 9.97 Å². The average Bonchev–Trinajstić information content (AvgIpc) is 3.40. The molecule has 2 aromatic heterocycles. The summed E-state index contributed by atoms with van der Waals surface area (Å²) in [7, 11) is 3.62. The predicted molar refractivity (Wildman–Crippen MR) is 206 cm³/mol. The Labute approximate surface area is 289 Å². The number of aromatic nitrogens is 4. The fourth-order valence-corrected chi connectivity index (χ4v) is 7.01. The molecule has 0 bridgehead atoms. The highest BCUT2D eigenvalue weighted by Gasteiger charge is 2.13. The Morgan fingerprint density at radius 3 is 1.62 bits per heavy atom. The molecule has 0 unspecified atom stereocenters. The first-order chi connectivity index (χ1) is 24.5. The van der Waals surface area contributed by atoms with E-state index in [0.717, 1.165) is 55.8 Å². The van der Waals surface area contributed by atoms with Gasteiger partial charge < -0.3 is 0 Å². The number of fused-ring (bicyclic) bond motifs is 4. The molecule has 0 saturated carbocycles. The third-order valence-corrected chi connectivity index (χ3v) is 9.80. The molecule has 2 heterocycles. The lowest BCUT2D eigenvalue weighted by atomic mass is 9.96. The van der Waals surface area contributed by atoms with Gasteiger partial charge in [0.05, 0.1) is 22.4 Å². The van der Waals surface area contributed by atoms with Crippen LogP contribution in [0, 0.1) is 0 Å². The van der Waals surface area contributed by atoms with Crippen LogP contribution >= 0.6 is 0 Å². The van der Waals surface area contributed by atoms with Crippen molar-refractivity contribution >= 4 is 32.6 Å². The van der Waals surface area contributed by atoms with Crippen LogP contribution in [0.5, 0.6) is 0 Å². The Morgan fingerprint density at radius 1 is 0.400 bits per heavy atom. The van der Waals surface area contributed by atoms with E-state index in [-0.39, 0.29) is 5.69 Å². The summed E-state index contributed by atoms with van der Waals surface area (Å²) in [5.74, 6) is 0.684. The first kappa shape index (κ1) is 29.5. The van der Waals surface area contributed by atoms with E-state index in [9.17, 15) is 4.79 Å². The third kappa shape index (κ3) is 5.08. The summed E-state index contributed by atoms with van der Waals surface area (Å²) in [4.78, 5) is 22.5. The van der Waals surface area contributed by atoms with E-state index >= 15 is 0 Å². The van der Waals surface area contributed by atoms with Gasteiger partial charge in [-0.3, -0.25) is 9.13 Å². The van der Waals surface area contributed by atoms with Crippen LogP contribution < -0.4 is 5.69 Å². The van der Waals surface area contributed by atoms with Crippen LogP contribution in [0.3, 0.4) is 0 Å². The second-order valence-corrected chi connectivity index (χ2v) is 12.8. The fourth-order valence-electron chi connectivity index (χ4n) is 7.01. The Balaban J connectivity index is 1.07. The number of hydrogen-bond acceptors (Lipinski definition) is 3. The quantitative estimate of drug-likeness (QED) is 0.175. The maximum atomic E-state index is 12.5. The summed E-state index contributed by atoms with van der Waals surface area (Å²) in [5, 5.41) is 5.03. The molecule has 0 N–H and O–H groups in total. The first-order valence-electron chi connectivity index (χ1n) is 16.7. The fraction of sp³-hybridized carbons (Fsp3) is 0.0444. The van der Waals surface area contributed by atoms with Crippen LogP contribution in [-0.4, -0.2) is 19.1 Å². The van der Waals surface area contributed by atoms with Gasteiger partial charge >= 0.3 is 5.69 Å². The van der Waals surface area contributed by atoms with Crippen molar-refractivity contribution in [1.82, 2.24) is 19.1 Å². The average molecular weight is 645 g/mol. The van der Waals surface area contributed by atoms with Crippen LogP contribution in [-0.2, 0) is 14.1 Å². The molecular formula is C45H32N4O. The number of aryl methyl sites for hydroxylation is 2. The second-order valence-electron chi connectivity index (χ2n) is 12.8. The molecule has 7 aromatic carbocycles. The molecule has 0 atom stereocenters. The Morgan fingerprint density at radius 2 is 0.920 bits per heavy atom. The number of nitrogens with zero attached hydrogens (tertiary/aromatic N) is 4. The maximum Gasteiger partial charge on any atom is 0.328 e. The highest BCUT2D eigenvalue weighted by Crippen LogP contribution is 2.33. The lowest BCUT2D eigenvalue weighted by molar-refractivity contribution is 0.795. The molecule has 0 saturated heterocycles. The molecule has 0 amide bonds. The van der Waals surface area contributed by atoms with Crippen molar-refractivity contribution < 1.29 is 0 Å². The topological polar surface area (TPSA) is 52.7 Å². The maximum absolute atomic E-state index is 12.5. The lowest BCUT2D eigenvalue weighted by Crippen LogP contribution is -2.19. The first-order valence-corrected chi connectivity index (χ1v) is 16.7. The van der Waals surface area contributed by atoms with Crippen molar-refractivity contribution in [3.63, 3.8) is 0 Å². The smallest absolute Gasteiger partial charge is 0.295 e. The summed E-state index contributed by atoms with van der Waals surface area (Å²) in [6.07, 6.45) is 0. The zero-order chi connectivity index (χ0) is 33.8. The molecule has 9 aromatic rings. The largest absolute Gasteiger partial charge is 0.328 e. The van der Waals surface area contributed by atoms with Gasteiger partial charge in [-0.25, -0.2) is 14.8 Å². The van der Waals surface area contributed by atoms with Gasteiger partial charge in [0.2, 0.25) is 0 Å². The van der Waals surface area contributed by atoms with Gasteiger partial charge in [0.15, 0.2) is 5.82 Å². The SMILES string of the molecule is Cn1c(=O)n(C)c2cc(-c3ccc(-c4cc(-c5ccc(-c6ccc7c(ccc8ccccc87)c6)cc5)nc(-c5ccccc5)n4)cc3)ccc21. The van der Waals surface area contributed by atoms with Gasteiger partial charge in [-0.2, -0.15) is 0 Å². The van der Waals surface area contributed by atoms with Crippen molar-refractivity contribution in [2.45, 2.75) is 0 Å². The molecule has 238 valence electrons. The van der Waals surface area contributed by atoms with Crippen molar-refractivity contribution in [1.29, 1.82) is 0 Å². The molecule has 0 aliphatic rings. The highest BCUT2D eigenvalue weighted by molar-refractivity contribution is 6.08. The van der Waals surface area contributed by atoms with Crippen LogP contribution in [0.1, 0.15) is 0 Å². The van der Waals surface area contributed by atoms with Crippen LogP contribution in [0.25, 0.3) is 88.7 Å². The minimum absolute atomic E-state index is 0.0292. The van der Waals surface area contributed by atoms with Crippen molar-refractivity contribution in [3.8, 4) is 56.2 Å². The molecule has 50 heavy (non-hydrogen) atoms. The monoisotopic (exact) mass is 644 g/mol. The van der Waals surface area contributed by atoms with Gasteiger partial charge in [-0.1, -0.05) is 133 Å². The standard InChI is InChI=1S/C45H32N4O/c1-48-42-25-23-36(27-43(42)49(2)45(48)50)30-14-19-33(20-15-30)41-28-40(46-44(47-41)34-9-4-3-5-10-34)32-17-12-29(13-18-32)35-22-24-39-37(26-35)21-16-31-8-6-7-11-38(31)39/h3-28H,1-2H3. The predicted octanol–water partition coefficient (Wildman–Crippen LogP) is 10.3. The van der Waals surface area contributed by atoms with Crippen molar-refractivity contribution in [3.05, 3.63) is 168 Å². The normalized spacial score (nSPS) is 11.5. The van der Waals surface area contributed by atoms with Gasteiger partial charge in [0.1, 0.15) is 0 Å². The van der Waals surface area contributed by atoms with E-state index in [1.54, 1.807) is 16.2 Å². The van der Waals surface area contributed by atoms with E-state index in [1.807, 2.05) is 43.4 Å². The molecule has 0 aliphatic heterocycles. The molecule has 0 fully saturated rings. The van der Waals surface area contributed by atoms with Gasteiger partial charge in [0.25, 0.3) is 0 Å². The molecular weight excluding hydrogens is 613 g/mol. The lowest BCUT2D eigenvalue weighted by Gasteiger charge is -2.11. The van der Waals surface area contributed by atoms with E-state index in [0.29, 0.717) is 5.82 Å². The third-order valence-electron chi connectivity index (χ3n) is 9.80. The molecule has 0 spiro atoms. The van der Waals surface area contributed by atoms with E-state index in [2.05, 4.69) is 121 Å². The van der Waals surface area contributed by atoms with E-state index in [1.165, 1.54) is 27.1 Å². The Bertz CT molecular complexity index is 2780. The zero-order valence-electron chi connectivity index (χ0n) is 27.7. The molecule has 0 aliphatic carbocycles. The van der Waals surface area contributed by atoms with Gasteiger partial charge in [-0.05, 0) is 68.1 Å². The molecule has 5 nitrogen and oxygen atoms in total. The minimum Gasteiger partial charge on any atom is -0.295 e.